The molecule has 0 aliphatic heterocycles. The third-order valence-corrected chi connectivity index (χ3v) is 3.74. The summed E-state index contributed by atoms with van der Waals surface area (Å²) in [4.78, 5) is 24.2. The number of methoxy groups -OCH3 is 1. The Labute approximate surface area is 159 Å². The minimum absolute atomic E-state index is 0.139. The molecule has 1 amide bonds. The number of aryl methyl sites for hydroxylation is 1. The average Bonchev–Trinajstić information content (AvgIpc) is 2.65. The summed E-state index contributed by atoms with van der Waals surface area (Å²) in [6.45, 7) is 5.93. The maximum absolute atomic E-state index is 12.1. The second-order valence-corrected chi connectivity index (χ2v) is 6.38. The van der Waals surface area contributed by atoms with E-state index in [1.54, 1.807) is 36.4 Å². The van der Waals surface area contributed by atoms with Crippen LogP contribution in [-0.4, -0.2) is 31.7 Å². The molecule has 2 aromatic carbocycles. The van der Waals surface area contributed by atoms with Gasteiger partial charge in [-0.3, -0.25) is 4.79 Å². The van der Waals surface area contributed by atoms with Gasteiger partial charge in [0.25, 0.3) is 5.91 Å². The average molecular weight is 371 g/mol. The van der Waals surface area contributed by atoms with E-state index in [1.807, 2.05) is 26.8 Å². The van der Waals surface area contributed by atoms with Crippen LogP contribution in [0.15, 0.2) is 42.5 Å². The monoisotopic (exact) mass is 371 g/mol. The van der Waals surface area contributed by atoms with Gasteiger partial charge in [-0.05, 0) is 56.2 Å². The van der Waals surface area contributed by atoms with E-state index < -0.39 is 11.9 Å². The fourth-order valence-corrected chi connectivity index (χ4v) is 2.32. The maximum Gasteiger partial charge on any atom is 0.338 e. The minimum Gasteiger partial charge on any atom is -0.495 e. The topological polar surface area (TPSA) is 73.9 Å². The fourth-order valence-electron chi connectivity index (χ4n) is 2.32. The Hall–Kier alpha value is -2.86. The summed E-state index contributed by atoms with van der Waals surface area (Å²) in [7, 11) is 1.52. The summed E-state index contributed by atoms with van der Waals surface area (Å²) in [5.41, 5.74) is 2.85. The predicted molar refractivity (Wildman–Crippen MR) is 103 cm³/mol. The molecule has 2 aromatic rings. The van der Waals surface area contributed by atoms with Crippen LogP contribution in [0.3, 0.4) is 0 Å². The molecule has 6 nitrogen and oxygen atoms in total. The molecule has 2 rings (SSSR count). The van der Waals surface area contributed by atoms with E-state index >= 15 is 0 Å². The second-order valence-electron chi connectivity index (χ2n) is 6.38. The van der Waals surface area contributed by atoms with Gasteiger partial charge in [-0.25, -0.2) is 4.79 Å². The number of amides is 1. The lowest BCUT2D eigenvalue weighted by Gasteiger charge is -2.11. The molecule has 0 spiro atoms. The Balaban J connectivity index is 1.88. The summed E-state index contributed by atoms with van der Waals surface area (Å²) >= 11 is 0. The van der Waals surface area contributed by atoms with Crippen molar-refractivity contribution in [2.24, 2.45) is 0 Å². The molecule has 0 aliphatic carbocycles. The summed E-state index contributed by atoms with van der Waals surface area (Å²) in [5.74, 6) is -0.452. The Morgan fingerprint density at radius 1 is 1.07 bits per heavy atom. The van der Waals surface area contributed by atoms with Crippen LogP contribution in [0.5, 0.6) is 5.75 Å². The molecule has 0 unspecified atom stereocenters. The summed E-state index contributed by atoms with van der Waals surface area (Å²) in [5, 5.41) is 2.69. The quantitative estimate of drug-likeness (QED) is 0.716. The number of rotatable bonds is 8. The molecule has 0 radical (unpaired) electrons. The maximum atomic E-state index is 12.1. The second kappa shape index (κ2) is 9.73. The van der Waals surface area contributed by atoms with E-state index in [2.05, 4.69) is 5.32 Å². The van der Waals surface area contributed by atoms with Crippen LogP contribution in [0.4, 0.5) is 5.69 Å². The number of carbonyl (C=O) groups excluding carboxylic acids is 2. The minimum atomic E-state index is -0.558. The standard InChI is InChI=1S/C21H25NO5/c1-14(2)26-12-16-6-8-17(9-7-16)21(24)27-13-20(23)22-18-11-15(3)5-10-19(18)25-4/h5-11,14H,12-13H2,1-4H3,(H,22,23). The number of hydrogen-bond donors (Lipinski definition) is 1. The molecule has 0 aromatic heterocycles. The number of esters is 1. The van der Waals surface area contributed by atoms with Crippen LogP contribution in [0.1, 0.15) is 35.3 Å². The number of hydrogen-bond acceptors (Lipinski definition) is 5. The van der Waals surface area contributed by atoms with Crippen LogP contribution in [-0.2, 0) is 20.9 Å². The van der Waals surface area contributed by atoms with Gasteiger partial charge in [0.1, 0.15) is 5.75 Å². The molecule has 1 N–H and O–H groups in total. The van der Waals surface area contributed by atoms with Gasteiger partial charge in [-0.1, -0.05) is 18.2 Å². The Morgan fingerprint density at radius 3 is 2.41 bits per heavy atom. The normalized spacial score (nSPS) is 10.6. The van der Waals surface area contributed by atoms with Crippen LogP contribution >= 0.6 is 0 Å². The zero-order valence-corrected chi connectivity index (χ0v) is 16.1. The van der Waals surface area contributed by atoms with Crippen molar-refractivity contribution in [3.8, 4) is 5.75 Å². The first kappa shape index (κ1) is 20.5. The van der Waals surface area contributed by atoms with Crippen molar-refractivity contribution in [3.63, 3.8) is 0 Å². The highest BCUT2D eigenvalue weighted by molar-refractivity contribution is 5.96. The molecule has 27 heavy (non-hydrogen) atoms. The Morgan fingerprint density at radius 2 is 1.78 bits per heavy atom. The molecule has 0 fully saturated rings. The van der Waals surface area contributed by atoms with Gasteiger partial charge in [0, 0.05) is 0 Å². The van der Waals surface area contributed by atoms with Gasteiger partial charge in [0.05, 0.1) is 31.1 Å². The van der Waals surface area contributed by atoms with Gasteiger partial charge in [0.15, 0.2) is 6.61 Å². The highest BCUT2D eigenvalue weighted by atomic mass is 16.5. The number of carbonyl (C=O) groups is 2. The van der Waals surface area contributed by atoms with Gasteiger partial charge >= 0.3 is 5.97 Å². The molecule has 0 heterocycles. The predicted octanol–water partition coefficient (Wildman–Crippen LogP) is 3.72. The third-order valence-electron chi connectivity index (χ3n) is 3.74. The van der Waals surface area contributed by atoms with Crippen molar-refractivity contribution >= 4 is 17.6 Å². The van der Waals surface area contributed by atoms with E-state index in [0.717, 1.165) is 11.1 Å². The lowest BCUT2D eigenvalue weighted by molar-refractivity contribution is -0.119. The molecule has 0 atom stereocenters. The van der Waals surface area contributed by atoms with Gasteiger partial charge < -0.3 is 19.5 Å². The van der Waals surface area contributed by atoms with Gasteiger partial charge in [-0.2, -0.15) is 0 Å². The van der Waals surface area contributed by atoms with Crippen LogP contribution in [0.2, 0.25) is 0 Å². The van der Waals surface area contributed by atoms with Crippen LogP contribution in [0, 0.1) is 6.92 Å². The van der Waals surface area contributed by atoms with E-state index in [9.17, 15) is 9.59 Å². The number of benzene rings is 2. The summed E-state index contributed by atoms with van der Waals surface area (Å²) in [6, 6.07) is 12.3. The van der Waals surface area contributed by atoms with E-state index in [0.29, 0.717) is 23.6 Å². The van der Waals surface area contributed by atoms with E-state index in [-0.39, 0.29) is 12.7 Å². The summed E-state index contributed by atoms with van der Waals surface area (Å²) in [6.07, 6.45) is 0.139. The van der Waals surface area contributed by atoms with Crippen molar-refractivity contribution in [1.29, 1.82) is 0 Å². The van der Waals surface area contributed by atoms with E-state index in [1.165, 1.54) is 7.11 Å². The molecule has 0 aliphatic rings. The SMILES string of the molecule is COc1ccc(C)cc1NC(=O)COC(=O)c1ccc(COC(C)C)cc1. The first-order valence-electron chi connectivity index (χ1n) is 8.71. The number of nitrogens with one attached hydrogen (secondary N) is 1. The van der Waals surface area contributed by atoms with Crippen molar-refractivity contribution in [2.75, 3.05) is 19.0 Å². The smallest absolute Gasteiger partial charge is 0.338 e. The van der Waals surface area contributed by atoms with Crippen molar-refractivity contribution in [2.45, 2.75) is 33.5 Å². The highest BCUT2D eigenvalue weighted by Crippen LogP contribution is 2.25. The first-order chi connectivity index (χ1) is 12.9. The Bertz CT molecular complexity index is 784. The molecular formula is C21H25NO5. The zero-order chi connectivity index (χ0) is 19.8. The molecule has 6 heteroatoms. The summed E-state index contributed by atoms with van der Waals surface area (Å²) < 4.78 is 15.8. The highest BCUT2D eigenvalue weighted by Gasteiger charge is 2.12. The molecule has 0 bridgehead atoms. The van der Waals surface area contributed by atoms with E-state index in [4.69, 9.17) is 14.2 Å². The third kappa shape index (κ3) is 6.42. The lowest BCUT2D eigenvalue weighted by Crippen LogP contribution is -2.21. The zero-order valence-electron chi connectivity index (χ0n) is 16.1. The Kier molecular flexibility index (Phi) is 7.37. The number of ether oxygens (including phenoxy) is 3. The fraction of sp³-hybridized carbons (Fsp3) is 0.333. The van der Waals surface area contributed by atoms with Crippen LogP contribution in [0.25, 0.3) is 0 Å². The van der Waals surface area contributed by atoms with Crippen molar-refractivity contribution in [1.82, 2.24) is 0 Å². The van der Waals surface area contributed by atoms with Crippen LogP contribution < -0.4 is 10.1 Å². The lowest BCUT2D eigenvalue weighted by atomic mass is 10.1. The molecule has 0 saturated carbocycles. The van der Waals surface area contributed by atoms with Crippen molar-refractivity contribution < 1.29 is 23.8 Å². The number of anilines is 1. The van der Waals surface area contributed by atoms with Gasteiger partial charge in [-0.15, -0.1) is 0 Å². The molecular weight excluding hydrogens is 346 g/mol. The molecule has 144 valence electrons. The van der Waals surface area contributed by atoms with Gasteiger partial charge in [0.2, 0.25) is 0 Å². The molecule has 0 saturated heterocycles. The largest absolute Gasteiger partial charge is 0.495 e. The first-order valence-corrected chi connectivity index (χ1v) is 8.71. The van der Waals surface area contributed by atoms with Crippen molar-refractivity contribution in [3.05, 3.63) is 59.2 Å².